The highest BCUT2D eigenvalue weighted by Gasteiger charge is 2.14. The number of aromatic nitrogens is 2. The number of phenolic OH excluding ortho intramolecular Hbond substituents is 2. The first-order valence-corrected chi connectivity index (χ1v) is 6.62. The Morgan fingerprint density at radius 3 is 2.48 bits per heavy atom. The van der Waals surface area contributed by atoms with Crippen LogP contribution >= 0.6 is 0 Å². The fourth-order valence-corrected chi connectivity index (χ4v) is 2.04. The fourth-order valence-electron chi connectivity index (χ4n) is 2.04. The second kappa shape index (κ2) is 5.28. The Kier molecular flexibility index (Phi) is 3.31. The highest BCUT2D eigenvalue weighted by Crippen LogP contribution is 2.32. The maximum atomic E-state index is 9.81. The third-order valence-corrected chi connectivity index (χ3v) is 3.26. The zero-order valence-electron chi connectivity index (χ0n) is 11.4. The third-order valence-electron chi connectivity index (χ3n) is 3.26. The number of aryl methyl sites for hydroxylation is 1. The molecule has 5 heteroatoms. The highest BCUT2D eigenvalue weighted by atomic mass is 16.5. The van der Waals surface area contributed by atoms with Crippen LogP contribution < -0.4 is 0 Å². The molecule has 0 aliphatic carbocycles. The molecule has 0 unspecified atom stereocenters. The van der Waals surface area contributed by atoms with Crippen molar-refractivity contribution in [2.24, 2.45) is 0 Å². The average Bonchev–Trinajstić information content (AvgIpc) is 2.97. The zero-order chi connectivity index (χ0) is 14.8. The van der Waals surface area contributed by atoms with Gasteiger partial charge in [0.15, 0.2) is 0 Å². The van der Waals surface area contributed by atoms with Crippen molar-refractivity contribution in [3.8, 4) is 34.3 Å². The first kappa shape index (κ1) is 13.2. The summed E-state index contributed by atoms with van der Waals surface area (Å²) in [5.41, 5.74) is 2.47. The summed E-state index contributed by atoms with van der Waals surface area (Å²) in [5, 5.41) is 23.0. The summed E-state index contributed by atoms with van der Waals surface area (Å²) in [6.07, 6.45) is 0.971. The van der Waals surface area contributed by atoms with E-state index in [-0.39, 0.29) is 17.4 Å². The van der Waals surface area contributed by atoms with E-state index in [0.717, 1.165) is 12.0 Å². The van der Waals surface area contributed by atoms with Crippen molar-refractivity contribution in [1.29, 1.82) is 0 Å². The van der Waals surface area contributed by atoms with Crippen LogP contribution in [0.25, 0.3) is 22.8 Å². The molecule has 0 bridgehead atoms. The Bertz CT molecular complexity index is 763. The normalized spacial score (nSPS) is 10.7. The minimum atomic E-state index is -0.105. The van der Waals surface area contributed by atoms with Crippen molar-refractivity contribution >= 4 is 0 Å². The second-order valence-electron chi connectivity index (χ2n) is 4.68. The SMILES string of the molecule is CCc1ccc(-c2noc(-c3ccc(O)cc3O)n2)cc1. The molecule has 2 N–H and O–H groups in total. The largest absolute Gasteiger partial charge is 0.508 e. The molecule has 0 spiro atoms. The van der Waals surface area contributed by atoms with Crippen LogP contribution in [0.15, 0.2) is 47.0 Å². The fraction of sp³-hybridized carbons (Fsp3) is 0.125. The Hall–Kier alpha value is -2.82. The van der Waals surface area contributed by atoms with E-state index < -0.39 is 0 Å². The maximum Gasteiger partial charge on any atom is 0.262 e. The zero-order valence-corrected chi connectivity index (χ0v) is 11.4. The predicted octanol–water partition coefficient (Wildman–Crippen LogP) is 3.38. The molecule has 0 aliphatic heterocycles. The summed E-state index contributed by atoms with van der Waals surface area (Å²) in [6.45, 7) is 2.09. The van der Waals surface area contributed by atoms with E-state index >= 15 is 0 Å². The number of aromatic hydroxyl groups is 2. The number of hydrogen-bond donors (Lipinski definition) is 2. The van der Waals surface area contributed by atoms with Gasteiger partial charge in [-0.3, -0.25) is 0 Å². The Morgan fingerprint density at radius 1 is 1.05 bits per heavy atom. The average molecular weight is 282 g/mol. The Balaban J connectivity index is 1.95. The number of hydrogen-bond acceptors (Lipinski definition) is 5. The standard InChI is InChI=1S/C16H14N2O3/c1-2-10-3-5-11(6-4-10)15-17-16(21-18-15)13-8-7-12(19)9-14(13)20/h3-9,19-20H,2H2,1H3. The minimum absolute atomic E-state index is 0.0221. The van der Waals surface area contributed by atoms with Crippen molar-refractivity contribution in [1.82, 2.24) is 10.1 Å². The smallest absolute Gasteiger partial charge is 0.262 e. The lowest BCUT2D eigenvalue weighted by Gasteiger charge is -1.99. The molecular weight excluding hydrogens is 268 g/mol. The van der Waals surface area contributed by atoms with Gasteiger partial charge < -0.3 is 14.7 Å². The molecule has 1 heterocycles. The van der Waals surface area contributed by atoms with Crippen LogP contribution in [0.1, 0.15) is 12.5 Å². The summed E-state index contributed by atoms with van der Waals surface area (Å²) in [6, 6.07) is 12.1. The molecule has 0 radical (unpaired) electrons. The number of rotatable bonds is 3. The van der Waals surface area contributed by atoms with Gasteiger partial charge in [-0.05, 0) is 24.1 Å². The lowest BCUT2D eigenvalue weighted by molar-refractivity contribution is 0.423. The first-order chi connectivity index (χ1) is 10.2. The van der Waals surface area contributed by atoms with Gasteiger partial charge in [0.2, 0.25) is 5.82 Å². The van der Waals surface area contributed by atoms with Gasteiger partial charge in [0.25, 0.3) is 5.89 Å². The quantitative estimate of drug-likeness (QED) is 0.769. The molecule has 21 heavy (non-hydrogen) atoms. The molecule has 0 saturated carbocycles. The molecule has 0 fully saturated rings. The van der Waals surface area contributed by atoms with Gasteiger partial charge in [0.05, 0.1) is 5.56 Å². The van der Waals surface area contributed by atoms with Gasteiger partial charge >= 0.3 is 0 Å². The van der Waals surface area contributed by atoms with E-state index in [2.05, 4.69) is 17.1 Å². The summed E-state index contributed by atoms with van der Waals surface area (Å²) in [5.74, 6) is 0.542. The summed E-state index contributed by atoms with van der Waals surface area (Å²) in [7, 11) is 0. The molecule has 2 aromatic carbocycles. The van der Waals surface area contributed by atoms with Crippen molar-refractivity contribution in [3.05, 3.63) is 48.0 Å². The minimum Gasteiger partial charge on any atom is -0.508 e. The molecule has 3 aromatic rings. The Morgan fingerprint density at radius 2 is 1.81 bits per heavy atom. The summed E-state index contributed by atoms with van der Waals surface area (Å²) < 4.78 is 5.18. The molecule has 3 rings (SSSR count). The number of benzene rings is 2. The van der Waals surface area contributed by atoms with Gasteiger partial charge in [-0.25, -0.2) is 0 Å². The second-order valence-corrected chi connectivity index (χ2v) is 4.68. The molecule has 1 aromatic heterocycles. The van der Waals surface area contributed by atoms with Crippen LogP contribution in [0.5, 0.6) is 11.5 Å². The van der Waals surface area contributed by atoms with Crippen LogP contribution in [0.2, 0.25) is 0 Å². The van der Waals surface area contributed by atoms with Gasteiger partial charge in [-0.15, -0.1) is 0 Å². The molecular formula is C16H14N2O3. The summed E-state index contributed by atoms with van der Waals surface area (Å²) in [4.78, 5) is 4.28. The molecule has 0 atom stereocenters. The van der Waals surface area contributed by atoms with E-state index in [9.17, 15) is 10.2 Å². The van der Waals surface area contributed by atoms with Crippen molar-refractivity contribution in [2.75, 3.05) is 0 Å². The lowest BCUT2D eigenvalue weighted by atomic mass is 10.1. The molecule has 0 saturated heterocycles. The predicted molar refractivity (Wildman–Crippen MR) is 77.9 cm³/mol. The van der Waals surface area contributed by atoms with Crippen LogP contribution in [-0.2, 0) is 6.42 Å². The van der Waals surface area contributed by atoms with E-state index in [1.165, 1.54) is 23.8 Å². The van der Waals surface area contributed by atoms with Crippen LogP contribution in [-0.4, -0.2) is 20.4 Å². The molecule has 5 nitrogen and oxygen atoms in total. The molecule has 0 aliphatic rings. The highest BCUT2D eigenvalue weighted by molar-refractivity contribution is 5.66. The number of phenols is 2. The molecule has 0 amide bonds. The first-order valence-electron chi connectivity index (χ1n) is 6.62. The van der Waals surface area contributed by atoms with E-state index in [1.54, 1.807) is 0 Å². The van der Waals surface area contributed by atoms with Crippen molar-refractivity contribution in [3.63, 3.8) is 0 Å². The van der Waals surface area contributed by atoms with Gasteiger partial charge in [-0.1, -0.05) is 36.3 Å². The van der Waals surface area contributed by atoms with E-state index in [0.29, 0.717) is 11.4 Å². The number of nitrogens with zero attached hydrogens (tertiary/aromatic N) is 2. The Labute approximate surface area is 121 Å². The molecule has 106 valence electrons. The van der Waals surface area contributed by atoms with E-state index in [4.69, 9.17) is 4.52 Å². The van der Waals surface area contributed by atoms with Gasteiger partial charge in [0.1, 0.15) is 11.5 Å². The topological polar surface area (TPSA) is 79.4 Å². The van der Waals surface area contributed by atoms with Crippen LogP contribution in [0.4, 0.5) is 0 Å². The monoisotopic (exact) mass is 282 g/mol. The van der Waals surface area contributed by atoms with Gasteiger partial charge in [0, 0.05) is 11.6 Å². The van der Waals surface area contributed by atoms with Crippen LogP contribution in [0, 0.1) is 0 Å². The van der Waals surface area contributed by atoms with Crippen LogP contribution in [0.3, 0.4) is 0 Å². The summed E-state index contributed by atoms with van der Waals surface area (Å²) >= 11 is 0. The maximum absolute atomic E-state index is 9.81. The lowest BCUT2D eigenvalue weighted by Crippen LogP contribution is -1.84. The van der Waals surface area contributed by atoms with Crippen molar-refractivity contribution < 1.29 is 14.7 Å². The third kappa shape index (κ3) is 2.58. The van der Waals surface area contributed by atoms with E-state index in [1.807, 2.05) is 24.3 Å². The van der Waals surface area contributed by atoms with Crippen molar-refractivity contribution in [2.45, 2.75) is 13.3 Å². The van der Waals surface area contributed by atoms with Gasteiger partial charge in [-0.2, -0.15) is 4.98 Å².